The van der Waals surface area contributed by atoms with Gasteiger partial charge in [0.2, 0.25) is 0 Å². The second kappa shape index (κ2) is 7.38. The molecule has 0 saturated carbocycles. The molecule has 1 amide bonds. The number of nitrogens with one attached hydrogen (secondary N) is 2. The number of amides is 1. The van der Waals surface area contributed by atoms with Crippen molar-refractivity contribution in [2.24, 2.45) is 5.73 Å². The first-order chi connectivity index (χ1) is 10.1. The van der Waals surface area contributed by atoms with E-state index in [-0.39, 0.29) is 0 Å². The van der Waals surface area contributed by atoms with Crippen molar-refractivity contribution in [3.05, 3.63) is 22.9 Å². The van der Waals surface area contributed by atoms with Crippen molar-refractivity contribution < 1.29 is 9.53 Å². The lowest BCUT2D eigenvalue weighted by Gasteiger charge is -2.23. The van der Waals surface area contributed by atoms with Crippen LogP contribution in [-0.2, 0) is 4.74 Å². The highest BCUT2D eigenvalue weighted by Crippen LogP contribution is 2.18. The Labute approximate surface area is 125 Å². The molecule has 6 heteroatoms. The van der Waals surface area contributed by atoms with Gasteiger partial charge in [-0.05, 0) is 51.4 Å². The van der Waals surface area contributed by atoms with Crippen molar-refractivity contribution in [2.45, 2.75) is 32.8 Å². The van der Waals surface area contributed by atoms with Crippen molar-refractivity contribution in [3.63, 3.8) is 0 Å². The van der Waals surface area contributed by atoms with Gasteiger partial charge in [-0.1, -0.05) is 0 Å². The van der Waals surface area contributed by atoms with Gasteiger partial charge >= 0.3 is 0 Å². The molecule has 21 heavy (non-hydrogen) atoms. The Bertz CT molecular complexity index is 499. The van der Waals surface area contributed by atoms with Gasteiger partial charge in [-0.25, -0.2) is 4.98 Å². The number of hydrogen-bond acceptors (Lipinski definition) is 5. The number of aryl methyl sites for hydroxylation is 2. The molecule has 1 fully saturated rings. The predicted octanol–water partition coefficient (Wildman–Crippen LogP) is 0.978. The number of carbonyl (C=O) groups excluding carboxylic acids is 1. The summed E-state index contributed by atoms with van der Waals surface area (Å²) in [7, 11) is 0. The summed E-state index contributed by atoms with van der Waals surface area (Å²) in [6.07, 6.45) is 2.43. The van der Waals surface area contributed by atoms with Crippen molar-refractivity contribution in [1.82, 2.24) is 10.3 Å². The van der Waals surface area contributed by atoms with E-state index >= 15 is 0 Å². The van der Waals surface area contributed by atoms with Gasteiger partial charge in [0.05, 0.1) is 18.3 Å². The number of ether oxygens (including phenoxy) is 1. The zero-order valence-electron chi connectivity index (χ0n) is 12.7. The summed E-state index contributed by atoms with van der Waals surface area (Å²) in [5.74, 6) is 0.0932. The third kappa shape index (κ3) is 4.41. The molecule has 2 heterocycles. The molecule has 0 unspecified atom stereocenters. The molecule has 1 aromatic rings. The highest BCUT2D eigenvalue weighted by molar-refractivity contribution is 5.99. The fourth-order valence-corrected chi connectivity index (χ4v) is 2.63. The molecule has 0 radical (unpaired) electrons. The van der Waals surface area contributed by atoms with Crippen LogP contribution in [0.5, 0.6) is 0 Å². The van der Waals surface area contributed by atoms with Crippen LogP contribution < -0.4 is 16.4 Å². The van der Waals surface area contributed by atoms with E-state index in [0.717, 1.165) is 37.2 Å². The van der Waals surface area contributed by atoms with Gasteiger partial charge in [0, 0.05) is 12.2 Å². The zero-order valence-corrected chi connectivity index (χ0v) is 12.7. The minimum atomic E-state index is -0.457. The van der Waals surface area contributed by atoms with Crippen LogP contribution in [0.2, 0.25) is 0 Å². The van der Waals surface area contributed by atoms with E-state index in [1.54, 1.807) is 0 Å². The van der Waals surface area contributed by atoms with E-state index in [1.165, 1.54) is 0 Å². The Morgan fingerprint density at radius 3 is 2.86 bits per heavy atom. The van der Waals surface area contributed by atoms with Crippen LogP contribution in [0.15, 0.2) is 6.07 Å². The van der Waals surface area contributed by atoms with E-state index in [2.05, 4.69) is 15.6 Å². The van der Waals surface area contributed by atoms with Crippen LogP contribution in [0.4, 0.5) is 5.82 Å². The van der Waals surface area contributed by atoms with Gasteiger partial charge in [0.1, 0.15) is 5.82 Å². The lowest BCUT2D eigenvalue weighted by Crippen LogP contribution is -2.33. The largest absolute Gasteiger partial charge is 0.376 e. The van der Waals surface area contributed by atoms with Crippen LogP contribution >= 0.6 is 0 Å². The number of anilines is 1. The third-order valence-corrected chi connectivity index (χ3v) is 3.63. The average Bonchev–Trinajstić information content (AvgIpc) is 2.43. The minimum Gasteiger partial charge on any atom is -0.376 e. The van der Waals surface area contributed by atoms with E-state index in [4.69, 9.17) is 10.5 Å². The molecule has 116 valence electrons. The number of hydrogen-bond donors (Lipinski definition) is 3. The number of nitrogens with zero attached hydrogens (tertiary/aromatic N) is 1. The Morgan fingerprint density at radius 1 is 1.48 bits per heavy atom. The lowest BCUT2D eigenvalue weighted by atomic mass is 10.1. The molecule has 1 aliphatic heterocycles. The summed E-state index contributed by atoms with van der Waals surface area (Å²) in [6, 6.07) is 1.86. The molecule has 1 aromatic heterocycles. The van der Waals surface area contributed by atoms with Crippen LogP contribution in [-0.4, -0.2) is 43.2 Å². The van der Waals surface area contributed by atoms with Gasteiger partial charge in [0.15, 0.2) is 0 Å². The highest BCUT2D eigenvalue weighted by Gasteiger charge is 2.15. The molecule has 6 nitrogen and oxygen atoms in total. The quantitative estimate of drug-likeness (QED) is 0.680. The highest BCUT2D eigenvalue weighted by atomic mass is 16.5. The molecule has 2 rings (SSSR count). The van der Waals surface area contributed by atoms with Gasteiger partial charge < -0.3 is 21.1 Å². The van der Waals surface area contributed by atoms with Crippen LogP contribution in [0.25, 0.3) is 0 Å². The second-order valence-corrected chi connectivity index (χ2v) is 5.42. The van der Waals surface area contributed by atoms with Gasteiger partial charge in [-0.3, -0.25) is 4.79 Å². The van der Waals surface area contributed by atoms with Crippen LogP contribution in [0, 0.1) is 13.8 Å². The molecular formula is C15H24N4O2. The van der Waals surface area contributed by atoms with Crippen molar-refractivity contribution in [3.8, 4) is 0 Å². The zero-order chi connectivity index (χ0) is 15.2. The molecular weight excluding hydrogens is 268 g/mol. The number of aromatic nitrogens is 1. The maximum Gasteiger partial charge on any atom is 0.252 e. The summed E-state index contributed by atoms with van der Waals surface area (Å²) in [6.45, 7) is 7.00. The van der Waals surface area contributed by atoms with Crippen LogP contribution in [0.3, 0.4) is 0 Å². The molecule has 0 spiro atoms. The number of rotatable bonds is 6. The van der Waals surface area contributed by atoms with E-state index in [1.807, 2.05) is 19.9 Å². The van der Waals surface area contributed by atoms with Crippen LogP contribution in [0.1, 0.15) is 34.5 Å². The molecule has 0 atom stereocenters. The van der Waals surface area contributed by atoms with Gasteiger partial charge in [0.25, 0.3) is 5.91 Å². The normalized spacial score (nSPS) is 15.9. The Balaban J connectivity index is 1.88. The number of piperidine rings is 1. The SMILES string of the molecule is Cc1cc(C)c(C(N)=O)c(NCCOC2CCNCC2)n1. The first kappa shape index (κ1) is 15.7. The Kier molecular flexibility index (Phi) is 5.52. The van der Waals surface area contributed by atoms with Crippen molar-refractivity contribution >= 4 is 11.7 Å². The lowest BCUT2D eigenvalue weighted by molar-refractivity contribution is 0.0394. The summed E-state index contributed by atoms with van der Waals surface area (Å²) in [4.78, 5) is 15.9. The monoisotopic (exact) mass is 292 g/mol. The van der Waals surface area contributed by atoms with Gasteiger partial charge in [-0.15, -0.1) is 0 Å². The standard InChI is InChI=1S/C15H24N4O2/c1-10-9-11(2)19-15(13(10)14(16)20)18-7-8-21-12-3-5-17-6-4-12/h9,12,17H,3-8H2,1-2H3,(H2,16,20)(H,18,19). The van der Waals surface area contributed by atoms with E-state index in [0.29, 0.717) is 30.6 Å². The first-order valence-electron chi connectivity index (χ1n) is 7.42. The van der Waals surface area contributed by atoms with E-state index in [9.17, 15) is 4.79 Å². The molecule has 0 aliphatic carbocycles. The summed E-state index contributed by atoms with van der Waals surface area (Å²) in [5.41, 5.74) is 7.59. The summed E-state index contributed by atoms with van der Waals surface area (Å²) >= 11 is 0. The maximum absolute atomic E-state index is 11.5. The van der Waals surface area contributed by atoms with Crippen molar-refractivity contribution in [2.75, 3.05) is 31.6 Å². The van der Waals surface area contributed by atoms with Crippen molar-refractivity contribution in [1.29, 1.82) is 0 Å². The van der Waals surface area contributed by atoms with E-state index < -0.39 is 5.91 Å². The Hall–Kier alpha value is -1.66. The Morgan fingerprint density at radius 2 is 2.19 bits per heavy atom. The average molecular weight is 292 g/mol. The fraction of sp³-hybridized carbons (Fsp3) is 0.600. The number of carbonyl (C=O) groups is 1. The molecule has 1 aliphatic rings. The maximum atomic E-state index is 11.5. The number of nitrogens with two attached hydrogens (primary N) is 1. The topological polar surface area (TPSA) is 89.3 Å². The molecule has 0 aromatic carbocycles. The predicted molar refractivity (Wildman–Crippen MR) is 82.6 cm³/mol. The third-order valence-electron chi connectivity index (χ3n) is 3.63. The summed E-state index contributed by atoms with van der Waals surface area (Å²) in [5, 5.41) is 6.47. The van der Waals surface area contributed by atoms with Gasteiger partial charge in [-0.2, -0.15) is 0 Å². The minimum absolute atomic E-state index is 0.330. The molecule has 4 N–H and O–H groups in total. The number of primary amides is 1. The molecule has 1 saturated heterocycles. The fourth-order valence-electron chi connectivity index (χ4n) is 2.63. The first-order valence-corrected chi connectivity index (χ1v) is 7.42. The second-order valence-electron chi connectivity index (χ2n) is 5.42. The summed E-state index contributed by atoms with van der Waals surface area (Å²) < 4.78 is 5.82. The number of pyridine rings is 1. The smallest absolute Gasteiger partial charge is 0.252 e. The molecule has 0 bridgehead atoms.